The summed E-state index contributed by atoms with van der Waals surface area (Å²) in [5.74, 6) is 0. The minimum atomic E-state index is 1.18. The lowest BCUT2D eigenvalue weighted by Crippen LogP contribution is -1.93. The summed E-state index contributed by atoms with van der Waals surface area (Å²) in [6.45, 7) is 0. The van der Waals surface area contributed by atoms with Gasteiger partial charge in [0, 0.05) is 16.5 Å². The molecule has 0 fully saturated rings. The molecule has 0 saturated carbocycles. The van der Waals surface area contributed by atoms with Gasteiger partial charge < -0.3 is 4.57 Å². The summed E-state index contributed by atoms with van der Waals surface area (Å²) in [5.41, 5.74) is 8.51. The third-order valence-electron chi connectivity index (χ3n) is 9.94. The highest BCUT2D eigenvalue weighted by molar-refractivity contribution is 6.25. The second kappa shape index (κ2) is 10.2. The maximum Gasteiger partial charge on any atom is 0.0541 e. The van der Waals surface area contributed by atoms with Crippen LogP contribution in [0.5, 0.6) is 0 Å². The first-order valence-corrected chi connectivity index (χ1v) is 16.3. The van der Waals surface area contributed by atoms with Gasteiger partial charge in [0.1, 0.15) is 0 Å². The highest BCUT2D eigenvalue weighted by atomic mass is 15.0. The Balaban J connectivity index is 1.12. The highest BCUT2D eigenvalue weighted by Crippen LogP contribution is 2.39. The monoisotopic (exact) mass is 595 g/mol. The molecular formula is C46H29N. The average Bonchev–Trinajstić information content (AvgIpc) is 3.48. The number of aromatic nitrogens is 1. The first-order chi connectivity index (χ1) is 23.3. The lowest BCUT2D eigenvalue weighted by Gasteiger charge is -2.13. The Morgan fingerprint density at radius 1 is 0.255 bits per heavy atom. The highest BCUT2D eigenvalue weighted by Gasteiger charge is 2.14. The molecular weight excluding hydrogens is 567 g/mol. The molecule has 0 aliphatic rings. The van der Waals surface area contributed by atoms with E-state index in [1.807, 2.05) is 0 Å². The number of hydrogen-bond donors (Lipinski definition) is 0. The van der Waals surface area contributed by atoms with Crippen molar-refractivity contribution in [1.82, 2.24) is 4.57 Å². The molecule has 1 nitrogen and oxygen atoms in total. The third kappa shape index (κ3) is 4.03. The Morgan fingerprint density at radius 3 is 1.49 bits per heavy atom. The first kappa shape index (κ1) is 26.1. The number of para-hydroxylation sites is 1. The van der Waals surface area contributed by atoms with Gasteiger partial charge in [-0.1, -0.05) is 133 Å². The summed E-state index contributed by atoms with van der Waals surface area (Å²) in [4.78, 5) is 0. The Morgan fingerprint density at radius 2 is 0.766 bits per heavy atom. The summed E-state index contributed by atoms with van der Waals surface area (Å²) < 4.78 is 2.40. The summed E-state index contributed by atoms with van der Waals surface area (Å²) in [6, 6.07) is 64.6. The molecule has 10 rings (SSSR count). The van der Waals surface area contributed by atoms with E-state index < -0.39 is 0 Å². The van der Waals surface area contributed by atoms with Crippen LogP contribution in [-0.2, 0) is 0 Å². The molecule has 1 heteroatoms. The number of benzene rings is 9. The molecule has 218 valence electrons. The van der Waals surface area contributed by atoms with E-state index in [2.05, 4.69) is 180 Å². The summed E-state index contributed by atoms with van der Waals surface area (Å²) in [7, 11) is 0. The molecule has 10 aromatic rings. The van der Waals surface area contributed by atoms with E-state index in [4.69, 9.17) is 0 Å². The lowest BCUT2D eigenvalue weighted by molar-refractivity contribution is 1.19. The van der Waals surface area contributed by atoms with Crippen LogP contribution in [0.4, 0.5) is 0 Å². The van der Waals surface area contributed by atoms with Crippen molar-refractivity contribution < 1.29 is 0 Å². The molecule has 47 heavy (non-hydrogen) atoms. The van der Waals surface area contributed by atoms with Gasteiger partial charge in [0.15, 0.2) is 0 Å². The van der Waals surface area contributed by atoms with Gasteiger partial charge in [-0.15, -0.1) is 0 Å². The summed E-state index contributed by atoms with van der Waals surface area (Å²) in [5, 5.41) is 12.8. The molecule has 0 atom stereocenters. The van der Waals surface area contributed by atoms with Crippen LogP contribution in [-0.4, -0.2) is 4.57 Å². The van der Waals surface area contributed by atoms with Crippen molar-refractivity contribution in [3.63, 3.8) is 0 Å². The van der Waals surface area contributed by atoms with Crippen molar-refractivity contribution >= 4 is 64.9 Å². The molecule has 0 unspecified atom stereocenters. The van der Waals surface area contributed by atoms with Crippen molar-refractivity contribution in [2.75, 3.05) is 0 Å². The smallest absolute Gasteiger partial charge is 0.0541 e. The topological polar surface area (TPSA) is 4.93 Å². The van der Waals surface area contributed by atoms with Crippen molar-refractivity contribution in [2.24, 2.45) is 0 Å². The molecule has 0 N–H and O–H groups in total. The minimum Gasteiger partial charge on any atom is -0.309 e. The Hall–Kier alpha value is -6.18. The first-order valence-electron chi connectivity index (χ1n) is 16.3. The SMILES string of the molecule is c1cc(-c2ccc3c4ccccc4c4ccccc4c3c2)cc(-c2ccc3c(c2)c2ccccc2n3-c2ccc3ccccc3c2)c1. The maximum atomic E-state index is 2.40. The second-order valence-electron chi connectivity index (χ2n) is 12.5. The van der Waals surface area contributed by atoms with E-state index in [0.29, 0.717) is 0 Å². The predicted molar refractivity (Wildman–Crippen MR) is 202 cm³/mol. The maximum absolute atomic E-state index is 2.40. The molecule has 1 heterocycles. The summed E-state index contributed by atoms with van der Waals surface area (Å²) in [6.07, 6.45) is 0. The molecule has 0 amide bonds. The fourth-order valence-electron chi connectivity index (χ4n) is 7.71. The van der Waals surface area contributed by atoms with Crippen LogP contribution < -0.4 is 0 Å². The molecule has 0 aliphatic heterocycles. The predicted octanol–water partition coefficient (Wildman–Crippen LogP) is 12.7. The van der Waals surface area contributed by atoms with Gasteiger partial charge >= 0.3 is 0 Å². The van der Waals surface area contributed by atoms with Crippen LogP contribution in [0.2, 0.25) is 0 Å². The van der Waals surface area contributed by atoms with Gasteiger partial charge in [-0.2, -0.15) is 0 Å². The van der Waals surface area contributed by atoms with Crippen molar-refractivity contribution in [1.29, 1.82) is 0 Å². The van der Waals surface area contributed by atoms with Crippen LogP contribution in [0.25, 0.3) is 92.8 Å². The van der Waals surface area contributed by atoms with Gasteiger partial charge in [-0.3, -0.25) is 0 Å². The summed E-state index contributed by atoms with van der Waals surface area (Å²) >= 11 is 0. The Bertz CT molecular complexity index is 2820. The standard InChI is InChI=1S/C46H29N/c1-2-11-33-27-36(23-20-30(33)10-1)47-45-19-8-7-18-42(45)44-29-35(22-25-46(44)47)32-13-9-12-31(26-32)34-21-24-41-39-16-4-3-14-37(39)38-15-5-6-17-40(38)43(41)28-34/h1-29H. The van der Waals surface area contributed by atoms with E-state index in [1.165, 1.54) is 92.8 Å². The molecule has 0 bridgehead atoms. The Labute approximate surface area is 272 Å². The van der Waals surface area contributed by atoms with E-state index in [9.17, 15) is 0 Å². The molecule has 0 spiro atoms. The van der Waals surface area contributed by atoms with Gasteiger partial charge in [0.25, 0.3) is 0 Å². The zero-order chi connectivity index (χ0) is 30.9. The van der Waals surface area contributed by atoms with Crippen molar-refractivity contribution in [3.8, 4) is 27.9 Å². The van der Waals surface area contributed by atoms with Crippen LogP contribution in [0, 0.1) is 0 Å². The lowest BCUT2D eigenvalue weighted by atomic mass is 9.91. The fraction of sp³-hybridized carbons (Fsp3) is 0. The zero-order valence-corrected chi connectivity index (χ0v) is 25.7. The normalized spacial score (nSPS) is 11.8. The molecule has 0 saturated heterocycles. The Kier molecular flexibility index (Phi) is 5.64. The van der Waals surface area contributed by atoms with Gasteiger partial charge in [-0.05, 0) is 108 Å². The number of hydrogen-bond acceptors (Lipinski definition) is 0. The fourth-order valence-corrected chi connectivity index (χ4v) is 7.71. The number of rotatable bonds is 3. The number of fused-ring (bicyclic) bond motifs is 10. The van der Waals surface area contributed by atoms with Crippen LogP contribution in [0.3, 0.4) is 0 Å². The van der Waals surface area contributed by atoms with Crippen LogP contribution in [0.15, 0.2) is 176 Å². The van der Waals surface area contributed by atoms with E-state index in [1.54, 1.807) is 0 Å². The average molecular weight is 596 g/mol. The minimum absolute atomic E-state index is 1.18. The molecule has 9 aromatic carbocycles. The van der Waals surface area contributed by atoms with E-state index >= 15 is 0 Å². The molecule has 1 aromatic heterocycles. The zero-order valence-electron chi connectivity index (χ0n) is 25.7. The van der Waals surface area contributed by atoms with Gasteiger partial charge in [0.05, 0.1) is 11.0 Å². The van der Waals surface area contributed by atoms with Crippen molar-refractivity contribution in [3.05, 3.63) is 176 Å². The van der Waals surface area contributed by atoms with Crippen molar-refractivity contribution in [2.45, 2.75) is 0 Å². The van der Waals surface area contributed by atoms with Gasteiger partial charge in [-0.25, -0.2) is 0 Å². The molecule has 0 aliphatic carbocycles. The van der Waals surface area contributed by atoms with Crippen LogP contribution >= 0.6 is 0 Å². The van der Waals surface area contributed by atoms with Crippen LogP contribution in [0.1, 0.15) is 0 Å². The van der Waals surface area contributed by atoms with Gasteiger partial charge in [0.2, 0.25) is 0 Å². The number of nitrogens with zero attached hydrogens (tertiary/aromatic N) is 1. The second-order valence-corrected chi connectivity index (χ2v) is 12.5. The molecule has 0 radical (unpaired) electrons. The van der Waals surface area contributed by atoms with E-state index in [0.717, 1.165) is 0 Å². The quantitative estimate of drug-likeness (QED) is 0.179. The third-order valence-corrected chi connectivity index (χ3v) is 9.94. The largest absolute Gasteiger partial charge is 0.309 e. The van der Waals surface area contributed by atoms with E-state index in [-0.39, 0.29) is 0 Å².